The lowest BCUT2D eigenvalue weighted by molar-refractivity contribution is 0.0414. The fourth-order valence-electron chi connectivity index (χ4n) is 2.10. The summed E-state index contributed by atoms with van der Waals surface area (Å²) >= 11 is 0. The van der Waals surface area contributed by atoms with Crippen molar-refractivity contribution in [2.24, 2.45) is 0 Å². The fraction of sp³-hybridized carbons (Fsp3) is 0.412. The van der Waals surface area contributed by atoms with Crippen molar-refractivity contribution in [1.82, 2.24) is 5.32 Å². The van der Waals surface area contributed by atoms with E-state index in [9.17, 15) is 0 Å². The zero-order valence-corrected chi connectivity index (χ0v) is 12.5. The van der Waals surface area contributed by atoms with Gasteiger partial charge in [-0.2, -0.15) is 0 Å². The van der Waals surface area contributed by atoms with E-state index >= 15 is 0 Å². The molecule has 0 saturated carbocycles. The molecule has 0 aliphatic heterocycles. The van der Waals surface area contributed by atoms with Gasteiger partial charge in [0.05, 0.1) is 12.6 Å². The normalized spacial score (nSPS) is 12.6. The largest absolute Gasteiger partial charge is 0.462 e. The highest BCUT2D eigenvalue weighted by atomic mass is 16.5. The molecule has 0 aliphatic rings. The Labute approximate surface area is 121 Å². The molecule has 0 aliphatic carbocycles. The second-order valence-electron chi connectivity index (χ2n) is 4.96. The minimum Gasteiger partial charge on any atom is -0.462 e. The van der Waals surface area contributed by atoms with Crippen LogP contribution in [-0.2, 0) is 17.9 Å². The summed E-state index contributed by atoms with van der Waals surface area (Å²) in [6.07, 6.45) is 0.0684. The average Bonchev–Trinajstić information content (AvgIpc) is 2.84. The molecule has 1 unspecified atom stereocenters. The molecule has 0 saturated heterocycles. The predicted molar refractivity (Wildman–Crippen MR) is 80.5 cm³/mol. The monoisotopic (exact) mass is 273 g/mol. The first kappa shape index (κ1) is 14.8. The second kappa shape index (κ2) is 7.27. The maximum Gasteiger partial charge on any atom is 0.130 e. The van der Waals surface area contributed by atoms with Crippen LogP contribution in [0.2, 0.25) is 0 Å². The average molecular weight is 273 g/mol. The third kappa shape index (κ3) is 3.95. The Morgan fingerprint density at radius 3 is 2.70 bits per heavy atom. The van der Waals surface area contributed by atoms with Crippen LogP contribution in [0, 0.1) is 6.92 Å². The minimum atomic E-state index is 0.0684. The maximum absolute atomic E-state index is 5.87. The van der Waals surface area contributed by atoms with E-state index in [0.29, 0.717) is 6.61 Å². The van der Waals surface area contributed by atoms with Crippen molar-refractivity contribution in [2.45, 2.75) is 40.0 Å². The predicted octanol–water partition coefficient (Wildman–Crippen LogP) is 3.98. The van der Waals surface area contributed by atoms with Crippen LogP contribution in [-0.4, -0.2) is 6.54 Å². The van der Waals surface area contributed by atoms with Gasteiger partial charge < -0.3 is 14.5 Å². The molecule has 2 aromatic rings. The van der Waals surface area contributed by atoms with Gasteiger partial charge in [0.1, 0.15) is 18.1 Å². The van der Waals surface area contributed by atoms with E-state index in [0.717, 1.165) is 24.6 Å². The molecule has 1 atom stereocenters. The molecule has 0 radical (unpaired) electrons. The van der Waals surface area contributed by atoms with E-state index < -0.39 is 0 Å². The Hall–Kier alpha value is -1.58. The highest BCUT2D eigenvalue weighted by Gasteiger charge is 2.10. The van der Waals surface area contributed by atoms with Crippen LogP contribution in [0.25, 0.3) is 0 Å². The summed E-state index contributed by atoms with van der Waals surface area (Å²) in [5.74, 6) is 1.89. The van der Waals surface area contributed by atoms with Crippen LogP contribution in [0.4, 0.5) is 0 Å². The van der Waals surface area contributed by atoms with Gasteiger partial charge in [-0.3, -0.25) is 0 Å². The number of hydrogen-bond acceptors (Lipinski definition) is 3. The lowest BCUT2D eigenvalue weighted by Gasteiger charge is -2.12. The van der Waals surface area contributed by atoms with Gasteiger partial charge in [0.25, 0.3) is 0 Å². The van der Waals surface area contributed by atoms with E-state index in [-0.39, 0.29) is 6.10 Å². The van der Waals surface area contributed by atoms with E-state index in [1.165, 1.54) is 11.1 Å². The fourth-order valence-corrected chi connectivity index (χ4v) is 2.10. The molecule has 0 bridgehead atoms. The van der Waals surface area contributed by atoms with Gasteiger partial charge in [0, 0.05) is 0 Å². The molecule has 1 heterocycles. The van der Waals surface area contributed by atoms with Crippen molar-refractivity contribution in [3.05, 3.63) is 59.0 Å². The molecule has 0 amide bonds. The standard InChI is InChI=1S/C17H23NO2/c1-4-18-11-17-13(2)10-16(20-17)12-19-14(3)15-8-6-5-7-9-15/h5-10,14,18H,4,11-12H2,1-3H3. The van der Waals surface area contributed by atoms with Crippen molar-refractivity contribution in [3.63, 3.8) is 0 Å². The van der Waals surface area contributed by atoms with Crippen LogP contribution in [0.5, 0.6) is 0 Å². The zero-order valence-electron chi connectivity index (χ0n) is 12.5. The Morgan fingerprint density at radius 1 is 1.25 bits per heavy atom. The number of nitrogens with one attached hydrogen (secondary N) is 1. The van der Waals surface area contributed by atoms with E-state index in [1.807, 2.05) is 18.2 Å². The number of rotatable bonds is 7. The quantitative estimate of drug-likeness (QED) is 0.828. The molecule has 108 valence electrons. The van der Waals surface area contributed by atoms with E-state index in [2.05, 4.69) is 44.3 Å². The molecule has 2 rings (SSSR count). The molecule has 0 spiro atoms. The van der Waals surface area contributed by atoms with Gasteiger partial charge in [-0.1, -0.05) is 37.3 Å². The SMILES string of the molecule is CCNCc1oc(COC(C)c2ccccc2)cc1C. The van der Waals surface area contributed by atoms with Crippen LogP contribution in [0.15, 0.2) is 40.8 Å². The van der Waals surface area contributed by atoms with Gasteiger partial charge >= 0.3 is 0 Å². The Balaban J connectivity index is 1.91. The molecule has 1 aromatic carbocycles. The summed E-state index contributed by atoms with van der Waals surface area (Å²) in [6.45, 7) is 8.44. The number of hydrogen-bond donors (Lipinski definition) is 1. The molecule has 1 aromatic heterocycles. The number of furan rings is 1. The molecule has 3 nitrogen and oxygen atoms in total. The molecule has 0 fully saturated rings. The Morgan fingerprint density at radius 2 is 2.00 bits per heavy atom. The third-order valence-corrected chi connectivity index (χ3v) is 3.35. The van der Waals surface area contributed by atoms with Crippen LogP contribution in [0.3, 0.4) is 0 Å². The van der Waals surface area contributed by atoms with Crippen molar-refractivity contribution in [1.29, 1.82) is 0 Å². The summed E-state index contributed by atoms with van der Waals surface area (Å²) in [6, 6.07) is 12.3. The summed E-state index contributed by atoms with van der Waals surface area (Å²) in [7, 11) is 0. The van der Waals surface area contributed by atoms with Gasteiger partial charge in [0.2, 0.25) is 0 Å². The smallest absolute Gasteiger partial charge is 0.130 e. The van der Waals surface area contributed by atoms with Crippen molar-refractivity contribution < 1.29 is 9.15 Å². The molecule has 1 N–H and O–H groups in total. The van der Waals surface area contributed by atoms with Crippen molar-refractivity contribution in [2.75, 3.05) is 6.54 Å². The van der Waals surface area contributed by atoms with Crippen molar-refractivity contribution in [3.8, 4) is 0 Å². The number of aryl methyl sites for hydroxylation is 1. The van der Waals surface area contributed by atoms with Crippen molar-refractivity contribution >= 4 is 0 Å². The van der Waals surface area contributed by atoms with Crippen LogP contribution < -0.4 is 5.32 Å². The highest BCUT2D eigenvalue weighted by molar-refractivity contribution is 5.20. The van der Waals surface area contributed by atoms with Crippen LogP contribution >= 0.6 is 0 Å². The summed E-state index contributed by atoms with van der Waals surface area (Å²) in [5, 5.41) is 3.27. The molecular weight excluding hydrogens is 250 g/mol. The lowest BCUT2D eigenvalue weighted by Crippen LogP contribution is -2.11. The van der Waals surface area contributed by atoms with Crippen LogP contribution in [0.1, 0.15) is 42.6 Å². The molecular formula is C17H23NO2. The third-order valence-electron chi connectivity index (χ3n) is 3.35. The lowest BCUT2D eigenvalue weighted by atomic mass is 10.1. The van der Waals surface area contributed by atoms with Gasteiger partial charge in [-0.05, 0) is 37.6 Å². The first-order valence-corrected chi connectivity index (χ1v) is 7.16. The maximum atomic E-state index is 5.87. The molecule has 20 heavy (non-hydrogen) atoms. The summed E-state index contributed by atoms with van der Waals surface area (Å²) < 4.78 is 11.7. The van der Waals surface area contributed by atoms with Gasteiger partial charge in [0.15, 0.2) is 0 Å². The first-order valence-electron chi connectivity index (χ1n) is 7.16. The van der Waals surface area contributed by atoms with Gasteiger partial charge in [-0.15, -0.1) is 0 Å². The Bertz CT molecular complexity index is 519. The highest BCUT2D eigenvalue weighted by Crippen LogP contribution is 2.20. The topological polar surface area (TPSA) is 34.4 Å². The minimum absolute atomic E-state index is 0.0684. The summed E-state index contributed by atoms with van der Waals surface area (Å²) in [5.41, 5.74) is 2.36. The first-order chi connectivity index (χ1) is 9.70. The summed E-state index contributed by atoms with van der Waals surface area (Å²) in [4.78, 5) is 0. The molecule has 3 heteroatoms. The van der Waals surface area contributed by atoms with E-state index in [4.69, 9.17) is 9.15 Å². The Kier molecular flexibility index (Phi) is 5.39. The second-order valence-corrected chi connectivity index (χ2v) is 4.96. The van der Waals surface area contributed by atoms with Gasteiger partial charge in [-0.25, -0.2) is 0 Å². The van der Waals surface area contributed by atoms with E-state index in [1.54, 1.807) is 0 Å². The number of ether oxygens (including phenoxy) is 1. The zero-order chi connectivity index (χ0) is 14.4. The number of benzene rings is 1.